The third-order valence-corrected chi connectivity index (χ3v) is 3.59. The second kappa shape index (κ2) is 3.03. The zero-order chi connectivity index (χ0) is 9.47. The van der Waals surface area contributed by atoms with Gasteiger partial charge in [0.25, 0.3) is 0 Å². The molecule has 0 saturated carbocycles. The SMILES string of the molecule is CC(C)(N)c1cccc2c1SCC2. The molecule has 0 unspecified atom stereocenters. The maximum atomic E-state index is 6.12. The first kappa shape index (κ1) is 9.10. The predicted molar refractivity (Wildman–Crippen MR) is 58.1 cm³/mol. The molecule has 0 aliphatic carbocycles. The molecule has 0 amide bonds. The first-order chi connectivity index (χ1) is 6.09. The fourth-order valence-electron chi connectivity index (χ4n) is 1.72. The largest absolute Gasteiger partial charge is 0.322 e. The van der Waals surface area contributed by atoms with Crippen LogP contribution < -0.4 is 5.73 Å². The Morgan fingerprint density at radius 1 is 1.38 bits per heavy atom. The topological polar surface area (TPSA) is 26.0 Å². The first-order valence-corrected chi connectivity index (χ1v) is 5.61. The van der Waals surface area contributed by atoms with Crippen LogP contribution in [0.15, 0.2) is 23.1 Å². The maximum absolute atomic E-state index is 6.12. The molecule has 1 aliphatic rings. The van der Waals surface area contributed by atoms with Gasteiger partial charge in [0.15, 0.2) is 0 Å². The van der Waals surface area contributed by atoms with E-state index in [0.717, 1.165) is 0 Å². The number of benzene rings is 1. The molecule has 2 N–H and O–H groups in total. The van der Waals surface area contributed by atoms with Crippen LogP contribution in [0.1, 0.15) is 25.0 Å². The Bertz CT molecular complexity index is 325. The zero-order valence-corrected chi connectivity index (χ0v) is 8.95. The highest BCUT2D eigenvalue weighted by Gasteiger charge is 2.23. The van der Waals surface area contributed by atoms with E-state index in [4.69, 9.17) is 5.73 Å². The number of rotatable bonds is 1. The van der Waals surface area contributed by atoms with Crippen molar-refractivity contribution in [2.75, 3.05) is 5.75 Å². The van der Waals surface area contributed by atoms with Crippen LogP contribution in [-0.4, -0.2) is 5.75 Å². The van der Waals surface area contributed by atoms with Crippen LogP contribution in [0.2, 0.25) is 0 Å². The van der Waals surface area contributed by atoms with Crippen LogP contribution in [0.4, 0.5) is 0 Å². The van der Waals surface area contributed by atoms with E-state index in [9.17, 15) is 0 Å². The molecule has 70 valence electrons. The van der Waals surface area contributed by atoms with E-state index in [1.165, 1.54) is 28.2 Å². The molecule has 1 nitrogen and oxygen atoms in total. The lowest BCUT2D eigenvalue weighted by atomic mass is 9.93. The monoisotopic (exact) mass is 193 g/mol. The van der Waals surface area contributed by atoms with E-state index < -0.39 is 0 Å². The molecule has 2 heteroatoms. The molecule has 2 rings (SSSR count). The van der Waals surface area contributed by atoms with E-state index in [2.05, 4.69) is 32.0 Å². The highest BCUT2D eigenvalue weighted by atomic mass is 32.2. The summed E-state index contributed by atoms with van der Waals surface area (Å²) in [5.74, 6) is 1.21. The van der Waals surface area contributed by atoms with E-state index in [1.807, 2.05) is 11.8 Å². The van der Waals surface area contributed by atoms with Crippen LogP contribution in [-0.2, 0) is 12.0 Å². The summed E-state index contributed by atoms with van der Waals surface area (Å²) in [5, 5.41) is 0. The summed E-state index contributed by atoms with van der Waals surface area (Å²) in [7, 11) is 0. The minimum Gasteiger partial charge on any atom is -0.322 e. The molecule has 0 saturated heterocycles. The van der Waals surface area contributed by atoms with Gasteiger partial charge in [-0.25, -0.2) is 0 Å². The molecule has 0 bridgehead atoms. The van der Waals surface area contributed by atoms with Crippen LogP contribution in [0, 0.1) is 0 Å². The average molecular weight is 193 g/mol. The predicted octanol–water partition coefficient (Wildman–Crippen LogP) is 2.53. The maximum Gasteiger partial charge on any atom is 0.0363 e. The third kappa shape index (κ3) is 1.61. The van der Waals surface area contributed by atoms with Crippen molar-refractivity contribution in [2.45, 2.75) is 30.7 Å². The molecule has 0 spiro atoms. The molecule has 1 aromatic carbocycles. The minimum atomic E-state index is -0.206. The van der Waals surface area contributed by atoms with E-state index in [0.29, 0.717) is 0 Å². The fraction of sp³-hybridized carbons (Fsp3) is 0.455. The van der Waals surface area contributed by atoms with Crippen molar-refractivity contribution in [3.8, 4) is 0 Å². The van der Waals surface area contributed by atoms with E-state index in [-0.39, 0.29) is 5.54 Å². The van der Waals surface area contributed by atoms with Gasteiger partial charge < -0.3 is 5.73 Å². The van der Waals surface area contributed by atoms with Crippen molar-refractivity contribution in [2.24, 2.45) is 5.73 Å². The van der Waals surface area contributed by atoms with Crippen molar-refractivity contribution >= 4 is 11.8 Å². The van der Waals surface area contributed by atoms with Gasteiger partial charge in [-0.3, -0.25) is 0 Å². The Morgan fingerprint density at radius 2 is 2.15 bits per heavy atom. The van der Waals surface area contributed by atoms with Crippen LogP contribution in [0.3, 0.4) is 0 Å². The van der Waals surface area contributed by atoms with Crippen molar-refractivity contribution in [3.05, 3.63) is 29.3 Å². The molecule has 13 heavy (non-hydrogen) atoms. The summed E-state index contributed by atoms with van der Waals surface area (Å²) in [6.07, 6.45) is 1.20. The summed E-state index contributed by atoms with van der Waals surface area (Å²) in [4.78, 5) is 1.43. The number of thioether (sulfide) groups is 1. The van der Waals surface area contributed by atoms with Gasteiger partial charge in [0.05, 0.1) is 0 Å². The molecular weight excluding hydrogens is 178 g/mol. The summed E-state index contributed by atoms with van der Waals surface area (Å²) in [6, 6.07) is 6.48. The van der Waals surface area contributed by atoms with Gasteiger partial charge in [0, 0.05) is 16.2 Å². The third-order valence-electron chi connectivity index (χ3n) is 2.41. The zero-order valence-electron chi connectivity index (χ0n) is 8.13. The quantitative estimate of drug-likeness (QED) is 0.741. The van der Waals surface area contributed by atoms with Crippen molar-refractivity contribution in [3.63, 3.8) is 0 Å². The first-order valence-electron chi connectivity index (χ1n) is 4.63. The Hall–Kier alpha value is -0.470. The highest BCUT2D eigenvalue weighted by molar-refractivity contribution is 7.99. The van der Waals surface area contributed by atoms with Crippen LogP contribution in [0.5, 0.6) is 0 Å². The van der Waals surface area contributed by atoms with Gasteiger partial charge in [-0.05, 0) is 31.4 Å². The number of hydrogen-bond acceptors (Lipinski definition) is 2. The lowest BCUT2D eigenvalue weighted by Crippen LogP contribution is -2.29. The van der Waals surface area contributed by atoms with Crippen molar-refractivity contribution < 1.29 is 0 Å². The number of nitrogens with two attached hydrogens (primary N) is 1. The van der Waals surface area contributed by atoms with Gasteiger partial charge in [-0.2, -0.15) is 0 Å². The summed E-state index contributed by atoms with van der Waals surface area (Å²) < 4.78 is 0. The number of aryl methyl sites for hydroxylation is 1. The van der Waals surface area contributed by atoms with Gasteiger partial charge >= 0.3 is 0 Å². The molecule has 1 aromatic rings. The molecule has 0 atom stereocenters. The van der Waals surface area contributed by atoms with Crippen molar-refractivity contribution in [1.29, 1.82) is 0 Å². The molecule has 0 radical (unpaired) electrons. The van der Waals surface area contributed by atoms with E-state index >= 15 is 0 Å². The van der Waals surface area contributed by atoms with Gasteiger partial charge in [0.2, 0.25) is 0 Å². The molecule has 0 fully saturated rings. The Labute approximate surface area is 83.7 Å². The van der Waals surface area contributed by atoms with Gasteiger partial charge in [0.1, 0.15) is 0 Å². The summed E-state index contributed by atoms with van der Waals surface area (Å²) in [6.45, 7) is 4.14. The number of hydrogen-bond donors (Lipinski definition) is 1. The fourth-order valence-corrected chi connectivity index (χ4v) is 3.09. The van der Waals surface area contributed by atoms with Gasteiger partial charge in [-0.1, -0.05) is 18.2 Å². The normalized spacial score (nSPS) is 15.9. The minimum absolute atomic E-state index is 0.206. The second-order valence-electron chi connectivity index (χ2n) is 4.11. The van der Waals surface area contributed by atoms with Crippen molar-refractivity contribution in [1.82, 2.24) is 0 Å². The smallest absolute Gasteiger partial charge is 0.0363 e. The Kier molecular flexibility index (Phi) is 2.12. The molecular formula is C11H15NS. The Morgan fingerprint density at radius 3 is 2.85 bits per heavy atom. The molecule has 1 heterocycles. The lowest BCUT2D eigenvalue weighted by molar-refractivity contribution is 0.542. The summed E-state index contributed by atoms with van der Waals surface area (Å²) in [5.41, 5.74) is 8.68. The van der Waals surface area contributed by atoms with E-state index in [1.54, 1.807) is 0 Å². The highest BCUT2D eigenvalue weighted by Crippen LogP contribution is 2.37. The second-order valence-corrected chi connectivity index (χ2v) is 5.22. The average Bonchev–Trinajstić information content (AvgIpc) is 2.48. The Balaban J connectivity index is 2.54. The molecule has 1 aliphatic heterocycles. The van der Waals surface area contributed by atoms with Crippen LogP contribution in [0.25, 0.3) is 0 Å². The summed E-state index contributed by atoms with van der Waals surface area (Å²) >= 11 is 1.94. The number of fused-ring (bicyclic) bond motifs is 1. The molecule has 0 aromatic heterocycles. The van der Waals surface area contributed by atoms with Crippen LogP contribution >= 0.6 is 11.8 Å². The standard InChI is InChI=1S/C11H15NS/c1-11(2,12)9-5-3-4-8-6-7-13-10(8)9/h3-5H,6-7,12H2,1-2H3. The van der Waals surface area contributed by atoms with Gasteiger partial charge in [-0.15, -0.1) is 11.8 Å². The lowest BCUT2D eigenvalue weighted by Gasteiger charge is -2.22.